The van der Waals surface area contributed by atoms with Crippen LogP contribution in [0.4, 0.5) is 17.2 Å². The number of benzene rings is 1. The maximum atomic E-state index is 12.9. The molecule has 0 saturated heterocycles. The summed E-state index contributed by atoms with van der Waals surface area (Å²) in [5.41, 5.74) is 1.64. The summed E-state index contributed by atoms with van der Waals surface area (Å²) in [4.78, 5) is 42.9. The fraction of sp³-hybridized carbons (Fsp3) is 0.360. The molecule has 0 spiro atoms. The summed E-state index contributed by atoms with van der Waals surface area (Å²) in [5.74, 6) is -0.724. The first-order chi connectivity index (χ1) is 18.9. The zero-order chi connectivity index (χ0) is 29.2. The molecule has 2 heterocycles. The Morgan fingerprint density at radius 1 is 1.10 bits per heavy atom. The van der Waals surface area contributed by atoms with Crippen molar-refractivity contribution < 1.29 is 19.1 Å². The van der Waals surface area contributed by atoms with Crippen molar-refractivity contribution >= 4 is 69.8 Å². The van der Waals surface area contributed by atoms with Gasteiger partial charge in [0.1, 0.15) is 9.88 Å². The molecular weight excluding hydrogens is 527 g/mol. The van der Waals surface area contributed by atoms with Crippen LogP contribution >= 0.6 is 11.3 Å². The predicted octanol–water partition coefficient (Wildman–Crippen LogP) is 1.99. The van der Waals surface area contributed by atoms with Gasteiger partial charge in [0, 0.05) is 18.0 Å². The Hall–Kier alpha value is -3.87. The lowest BCUT2D eigenvalue weighted by atomic mass is 9.49. The van der Waals surface area contributed by atoms with Gasteiger partial charge < -0.3 is 26.0 Å². The van der Waals surface area contributed by atoms with Gasteiger partial charge in [0.15, 0.2) is 17.3 Å². The lowest BCUT2D eigenvalue weighted by Crippen LogP contribution is -2.50. The van der Waals surface area contributed by atoms with E-state index >= 15 is 0 Å². The molecule has 4 N–H and O–H groups in total. The molecule has 200 valence electrons. The molecule has 3 aromatic rings. The van der Waals surface area contributed by atoms with Crippen LogP contribution in [0.3, 0.4) is 0 Å². The lowest BCUT2D eigenvalue weighted by molar-refractivity contribution is -0.117. The van der Waals surface area contributed by atoms with E-state index in [9.17, 15) is 14.4 Å². The average molecular weight is 553 g/mol. The van der Waals surface area contributed by atoms with Gasteiger partial charge in [-0.1, -0.05) is 11.3 Å². The number of amides is 3. The molecule has 4 rings (SSSR count). The highest BCUT2D eigenvalue weighted by molar-refractivity contribution is 7.17. The van der Waals surface area contributed by atoms with Crippen LogP contribution in [-0.4, -0.2) is 74.8 Å². The number of anilines is 3. The standard InChI is InChI=1S/C25H26B3N7O4S/c1-11(2)29-23(38)20-12(3)30-24(40-20)14-6-5-7-15(19(14)39-4)31-16-10-17(32-21(36)13-8-9-13)34-35-18(16)22(37)33-25(26,27)28/h5-7,10-11,13H,8-9H2,1-4H3,(H,29,38)(H,33,37)(H2,31,32,34,36). The molecule has 0 unspecified atom stereocenters. The summed E-state index contributed by atoms with van der Waals surface area (Å²) in [6.45, 7) is 5.53. The zero-order valence-electron chi connectivity index (χ0n) is 22.5. The minimum atomic E-state index is -2.01. The van der Waals surface area contributed by atoms with Crippen LogP contribution in [0, 0.1) is 12.8 Å². The van der Waals surface area contributed by atoms with Gasteiger partial charge in [0.25, 0.3) is 11.8 Å². The summed E-state index contributed by atoms with van der Waals surface area (Å²) in [6, 6.07) is 6.72. The number of carbonyl (C=O) groups is 3. The Bertz CT molecular complexity index is 1450. The summed E-state index contributed by atoms with van der Waals surface area (Å²) in [5, 5.41) is 17.5. The number of ether oxygens (including phenoxy) is 1. The van der Waals surface area contributed by atoms with Crippen LogP contribution in [0.25, 0.3) is 10.6 Å². The zero-order valence-corrected chi connectivity index (χ0v) is 23.3. The van der Waals surface area contributed by atoms with Gasteiger partial charge in [-0.3, -0.25) is 14.4 Å². The number of hydrogen-bond donors (Lipinski definition) is 4. The first-order valence-corrected chi connectivity index (χ1v) is 13.3. The fourth-order valence-corrected chi connectivity index (χ4v) is 4.76. The van der Waals surface area contributed by atoms with Crippen molar-refractivity contribution in [1.29, 1.82) is 0 Å². The average Bonchev–Trinajstić information content (AvgIpc) is 3.64. The maximum absolute atomic E-state index is 12.9. The summed E-state index contributed by atoms with van der Waals surface area (Å²) in [7, 11) is 18.1. The number of hydrogen-bond acceptors (Lipinski definition) is 9. The molecule has 40 heavy (non-hydrogen) atoms. The van der Waals surface area contributed by atoms with Gasteiger partial charge in [-0.25, -0.2) is 4.98 Å². The third kappa shape index (κ3) is 7.01. The number of para-hydroxylation sites is 1. The van der Waals surface area contributed by atoms with Crippen molar-refractivity contribution in [3.63, 3.8) is 0 Å². The van der Waals surface area contributed by atoms with Crippen LogP contribution in [0.15, 0.2) is 24.3 Å². The largest absolute Gasteiger partial charge is 0.494 e. The summed E-state index contributed by atoms with van der Waals surface area (Å²) in [6.07, 6.45) is 1.61. The smallest absolute Gasteiger partial charge is 0.272 e. The SMILES string of the molecule is [B]C([B])([B])NC(=O)c1nnc(NC(=O)C2CC2)cc1Nc1cccc(-c2nc(C)c(C(=O)NC(C)C)s2)c1OC. The highest BCUT2D eigenvalue weighted by atomic mass is 32.1. The maximum Gasteiger partial charge on any atom is 0.272 e. The molecule has 3 amide bonds. The van der Waals surface area contributed by atoms with Crippen molar-refractivity contribution in [2.24, 2.45) is 5.92 Å². The van der Waals surface area contributed by atoms with E-state index in [1.54, 1.807) is 25.1 Å². The summed E-state index contributed by atoms with van der Waals surface area (Å²) >= 11 is 1.23. The number of aromatic nitrogens is 3. The van der Waals surface area contributed by atoms with Gasteiger partial charge in [0.05, 0.1) is 53.3 Å². The van der Waals surface area contributed by atoms with Gasteiger partial charge in [-0.15, -0.1) is 21.5 Å². The van der Waals surface area contributed by atoms with E-state index in [1.807, 2.05) is 13.8 Å². The first kappa shape index (κ1) is 29.1. The van der Waals surface area contributed by atoms with Gasteiger partial charge in [-0.05, 0) is 45.7 Å². The quantitative estimate of drug-likeness (QED) is 0.279. The molecule has 1 aliphatic rings. The summed E-state index contributed by atoms with van der Waals surface area (Å²) < 4.78 is 5.73. The second-order valence-corrected chi connectivity index (χ2v) is 10.7. The van der Waals surface area contributed by atoms with Crippen LogP contribution in [0.5, 0.6) is 5.75 Å². The number of methoxy groups -OCH3 is 1. The molecule has 6 radical (unpaired) electrons. The molecule has 0 aliphatic heterocycles. The fourth-order valence-electron chi connectivity index (χ4n) is 3.76. The topological polar surface area (TPSA) is 147 Å². The molecule has 11 nitrogen and oxygen atoms in total. The number of thiazole rings is 1. The number of rotatable bonds is 10. The van der Waals surface area contributed by atoms with Gasteiger partial charge >= 0.3 is 0 Å². The number of aryl methyl sites for hydroxylation is 1. The van der Waals surface area contributed by atoms with Crippen LogP contribution in [0.2, 0.25) is 0 Å². The predicted molar refractivity (Wildman–Crippen MR) is 156 cm³/mol. The van der Waals surface area contributed by atoms with Crippen molar-refractivity contribution in [2.75, 3.05) is 17.7 Å². The van der Waals surface area contributed by atoms with Gasteiger partial charge in [0.2, 0.25) is 5.91 Å². The third-order valence-corrected chi connectivity index (χ3v) is 6.87. The molecule has 2 aromatic heterocycles. The lowest BCUT2D eigenvalue weighted by Gasteiger charge is -2.23. The third-order valence-electron chi connectivity index (χ3n) is 5.68. The Balaban J connectivity index is 1.72. The van der Waals surface area contributed by atoms with Crippen LogP contribution in [0.1, 0.15) is 52.5 Å². The molecule has 1 aromatic carbocycles. The highest BCUT2D eigenvalue weighted by Crippen LogP contribution is 2.40. The minimum absolute atomic E-state index is 0.0261. The van der Waals surface area contributed by atoms with E-state index in [0.29, 0.717) is 32.6 Å². The Kier molecular flexibility index (Phi) is 8.52. The minimum Gasteiger partial charge on any atom is -0.494 e. The Morgan fingerprint density at radius 2 is 1.82 bits per heavy atom. The van der Waals surface area contributed by atoms with Crippen LogP contribution in [-0.2, 0) is 4.79 Å². The molecule has 1 saturated carbocycles. The highest BCUT2D eigenvalue weighted by Gasteiger charge is 2.30. The van der Waals surface area contributed by atoms with Crippen molar-refractivity contribution in [1.82, 2.24) is 25.8 Å². The number of nitrogens with zero attached hydrogens (tertiary/aromatic N) is 3. The van der Waals surface area contributed by atoms with E-state index in [4.69, 9.17) is 28.3 Å². The second kappa shape index (κ2) is 11.7. The molecule has 15 heteroatoms. The van der Waals surface area contributed by atoms with Crippen molar-refractivity contribution in [3.8, 4) is 16.3 Å². The second-order valence-electron chi connectivity index (χ2n) is 9.72. The Morgan fingerprint density at radius 3 is 2.45 bits per heavy atom. The molecule has 0 atom stereocenters. The number of nitrogens with one attached hydrogen (secondary N) is 4. The van der Waals surface area contributed by atoms with E-state index in [0.717, 1.165) is 12.8 Å². The molecule has 1 fully saturated rings. The van der Waals surface area contributed by atoms with Crippen molar-refractivity contribution in [2.45, 2.75) is 44.9 Å². The molecule has 0 bridgehead atoms. The molecule has 1 aliphatic carbocycles. The van der Waals surface area contributed by atoms with Crippen molar-refractivity contribution in [3.05, 3.63) is 40.5 Å². The van der Waals surface area contributed by atoms with E-state index < -0.39 is 11.1 Å². The Labute approximate surface area is 239 Å². The van der Waals surface area contributed by atoms with Crippen LogP contribution < -0.4 is 26.0 Å². The first-order valence-electron chi connectivity index (χ1n) is 12.5. The number of carbonyl (C=O) groups excluding carboxylic acids is 3. The monoisotopic (exact) mass is 553 g/mol. The van der Waals surface area contributed by atoms with Gasteiger partial charge in [-0.2, -0.15) is 0 Å². The van der Waals surface area contributed by atoms with E-state index in [2.05, 4.69) is 36.4 Å². The normalized spacial score (nSPS) is 13.0. The van der Waals surface area contributed by atoms with E-state index in [1.165, 1.54) is 24.5 Å². The molecular formula is C25H26B3N7O4S. The van der Waals surface area contributed by atoms with E-state index in [-0.39, 0.29) is 41.0 Å².